The van der Waals surface area contributed by atoms with E-state index in [-0.39, 0.29) is 0 Å². The second kappa shape index (κ2) is 10.3. The fourth-order valence-corrected chi connectivity index (χ4v) is 2.08. The number of hydrogen-bond acceptors (Lipinski definition) is 6. The minimum Gasteiger partial charge on any atom is -0.383 e. The Morgan fingerprint density at radius 1 is 1.33 bits per heavy atom. The van der Waals surface area contributed by atoms with Gasteiger partial charge in [-0.15, -0.1) is 5.10 Å². The number of unbranched alkanes of at least 4 members (excludes halogenated alkanes) is 2. The summed E-state index contributed by atoms with van der Waals surface area (Å²) in [5, 5.41) is 15.0. The van der Waals surface area contributed by atoms with Crippen LogP contribution in [0.5, 0.6) is 0 Å². The molecule has 0 unspecified atom stereocenters. The number of aryl methyl sites for hydroxylation is 1. The molecule has 0 saturated carbocycles. The molecular formula is C11H23N5OS. The summed E-state index contributed by atoms with van der Waals surface area (Å²) < 4.78 is 6.86. The third kappa shape index (κ3) is 6.32. The third-order valence-electron chi connectivity index (χ3n) is 2.59. The Kier molecular flexibility index (Phi) is 8.79. The Morgan fingerprint density at radius 2 is 2.22 bits per heavy atom. The van der Waals surface area contributed by atoms with Crippen LogP contribution < -0.4 is 5.32 Å². The summed E-state index contributed by atoms with van der Waals surface area (Å²) in [6, 6.07) is 0. The summed E-state index contributed by atoms with van der Waals surface area (Å²) in [6.45, 7) is 3.12. The maximum absolute atomic E-state index is 4.97. The number of thioether (sulfide) groups is 1. The number of nitrogens with zero attached hydrogens (tertiary/aromatic N) is 4. The molecule has 0 aliphatic heterocycles. The highest BCUT2D eigenvalue weighted by Gasteiger charge is 2.04. The molecule has 0 radical (unpaired) electrons. The van der Waals surface area contributed by atoms with Gasteiger partial charge in [0.2, 0.25) is 0 Å². The van der Waals surface area contributed by atoms with Crippen LogP contribution in [-0.4, -0.2) is 52.5 Å². The van der Waals surface area contributed by atoms with Gasteiger partial charge < -0.3 is 10.1 Å². The van der Waals surface area contributed by atoms with Crippen molar-refractivity contribution in [1.82, 2.24) is 25.5 Å². The van der Waals surface area contributed by atoms with Gasteiger partial charge in [0.05, 0.1) is 13.2 Å². The third-order valence-corrected chi connectivity index (χ3v) is 3.29. The maximum Gasteiger partial charge on any atom is 0.165 e. The second-order valence-electron chi connectivity index (χ2n) is 4.04. The molecule has 0 atom stereocenters. The molecule has 1 rings (SSSR count). The lowest BCUT2D eigenvalue weighted by Crippen LogP contribution is -2.21. The van der Waals surface area contributed by atoms with Crippen molar-refractivity contribution < 1.29 is 4.74 Å². The van der Waals surface area contributed by atoms with Crippen molar-refractivity contribution in [3.8, 4) is 0 Å². The number of methoxy groups -OCH3 is 1. The molecule has 0 aliphatic rings. The van der Waals surface area contributed by atoms with Gasteiger partial charge >= 0.3 is 0 Å². The first-order valence-corrected chi connectivity index (χ1v) is 7.71. The van der Waals surface area contributed by atoms with Crippen molar-refractivity contribution in [2.75, 3.05) is 32.3 Å². The smallest absolute Gasteiger partial charge is 0.165 e. The van der Waals surface area contributed by atoms with Gasteiger partial charge in [-0.3, -0.25) is 0 Å². The highest BCUT2D eigenvalue weighted by Crippen LogP contribution is 2.04. The first kappa shape index (κ1) is 15.4. The van der Waals surface area contributed by atoms with Gasteiger partial charge in [0.25, 0.3) is 0 Å². The molecule has 0 spiro atoms. The zero-order chi connectivity index (χ0) is 13.1. The summed E-state index contributed by atoms with van der Waals surface area (Å²) in [4.78, 5) is 0. The lowest BCUT2D eigenvalue weighted by Gasteiger charge is -2.05. The predicted molar refractivity (Wildman–Crippen MR) is 73.6 cm³/mol. The Morgan fingerprint density at radius 3 is 3.00 bits per heavy atom. The van der Waals surface area contributed by atoms with Crippen LogP contribution in [0.3, 0.4) is 0 Å². The van der Waals surface area contributed by atoms with E-state index >= 15 is 0 Å². The second-order valence-corrected chi connectivity index (χ2v) is 5.03. The standard InChI is InChI=1S/C11H23N5OS/c1-17-8-6-12-10-11-13-14-15-16(11)7-4-3-5-9-18-2/h12H,3-10H2,1-2H3. The SMILES string of the molecule is COCCNCc1nnnn1CCCCCSC. The monoisotopic (exact) mass is 273 g/mol. The molecule has 1 aromatic heterocycles. The van der Waals surface area contributed by atoms with Crippen LogP contribution in [0.15, 0.2) is 0 Å². The van der Waals surface area contributed by atoms with Gasteiger partial charge in [-0.2, -0.15) is 11.8 Å². The van der Waals surface area contributed by atoms with E-state index in [4.69, 9.17) is 4.74 Å². The van der Waals surface area contributed by atoms with Crippen molar-refractivity contribution in [2.45, 2.75) is 32.4 Å². The number of tetrazole rings is 1. The quantitative estimate of drug-likeness (QED) is 0.605. The first-order valence-electron chi connectivity index (χ1n) is 6.32. The molecular weight excluding hydrogens is 250 g/mol. The van der Waals surface area contributed by atoms with E-state index in [2.05, 4.69) is 27.1 Å². The Labute approximate surface area is 113 Å². The van der Waals surface area contributed by atoms with Gasteiger partial charge in [0.1, 0.15) is 0 Å². The fourth-order valence-electron chi connectivity index (χ4n) is 1.58. The topological polar surface area (TPSA) is 64.9 Å². The lowest BCUT2D eigenvalue weighted by molar-refractivity contribution is 0.198. The van der Waals surface area contributed by atoms with E-state index in [1.807, 2.05) is 16.4 Å². The zero-order valence-electron chi connectivity index (χ0n) is 11.3. The summed E-state index contributed by atoms with van der Waals surface area (Å²) in [5.41, 5.74) is 0. The van der Waals surface area contributed by atoms with Crippen LogP contribution >= 0.6 is 11.8 Å². The van der Waals surface area contributed by atoms with Crippen molar-refractivity contribution >= 4 is 11.8 Å². The van der Waals surface area contributed by atoms with Crippen LogP contribution in [-0.2, 0) is 17.8 Å². The minimum absolute atomic E-state index is 0.696. The summed E-state index contributed by atoms with van der Waals surface area (Å²) >= 11 is 1.90. The molecule has 104 valence electrons. The first-order chi connectivity index (χ1) is 8.88. The van der Waals surface area contributed by atoms with Gasteiger partial charge in [-0.05, 0) is 35.3 Å². The summed E-state index contributed by atoms with van der Waals surface area (Å²) in [5.74, 6) is 2.14. The van der Waals surface area contributed by atoms with E-state index in [9.17, 15) is 0 Å². The van der Waals surface area contributed by atoms with Crippen LogP contribution in [0.1, 0.15) is 25.1 Å². The molecule has 18 heavy (non-hydrogen) atoms. The van der Waals surface area contributed by atoms with E-state index < -0.39 is 0 Å². The molecule has 1 N–H and O–H groups in total. The number of nitrogens with one attached hydrogen (secondary N) is 1. The Balaban J connectivity index is 2.18. The number of ether oxygens (including phenoxy) is 1. The van der Waals surface area contributed by atoms with E-state index in [0.717, 1.165) is 25.3 Å². The van der Waals surface area contributed by atoms with Crippen LogP contribution in [0, 0.1) is 0 Å². The molecule has 1 heterocycles. The summed E-state index contributed by atoms with van der Waals surface area (Å²) in [7, 11) is 1.69. The Bertz CT molecular complexity index is 307. The lowest BCUT2D eigenvalue weighted by atomic mass is 10.2. The van der Waals surface area contributed by atoms with Crippen LogP contribution in [0.2, 0.25) is 0 Å². The largest absolute Gasteiger partial charge is 0.383 e. The number of rotatable bonds is 11. The molecule has 0 amide bonds. The fraction of sp³-hybridized carbons (Fsp3) is 0.909. The highest BCUT2D eigenvalue weighted by molar-refractivity contribution is 7.98. The van der Waals surface area contributed by atoms with Crippen molar-refractivity contribution in [2.24, 2.45) is 0 Å². The van der Waals surface area contributed by atoms with E-state index in [1.165, 1.54) is 18.6 Å². The molecule has 0 saturated heterocycles. The highest BCUT2D eigenvalue weighted by atomic mass is 32.2. The van der Waals surface area contributed by atoms with Gasteiger partial charge in [0, 0.05) is 20.2 Å². The molecule has 0 bridgehead atoms. The normalized spacial score (nSPS) is 11.0. The van der Waals surface area contributed by atoms with E-state index in [0.29, 0.717) is 13.2 Å². The minimum atomic E-state index is 0.696. The van der Waals surface area contributed by atoms with Gasteiger partial charge in [0.15, 0.2) is 5.82 Å². The van der Waals surface area contributed by atoms with E-state index in [1.54, 1.807) is 7.11 Å². The molecule has 7 heteroatoms. The predicted octanol–water partition coefficient (Wildman–Crippen LogP) is 0.942. The molecule has 1 aromatic rings. The van der Waals surface area contributed by atoms with Crippen LogP contribution in [0.25, 0.3) is 0 Å². The van der Waals surface area contributed by atoms with Crippen molar-refractivity contribution in [1.29, 1.82) is 0 Å². The Hall–Kier alpha value is -0.660. The number of aromatic nitrogens is 4. The molecule has 0 fully saturated rings. The van der Waals surface area contributed by atoms with Crippen molar-refractivity contribution in [3.63, 3.8) is 0 Å². The van der Waals surface area contributed by atoms with Gasteiger partial charge in [-0.25, -0.2) is 4.68 Å². The zero-order valence-corrected chi connectivity index (χ0v) is 12.1. The van der Waals surface area contributed by atoms with Gasteiger partial charge in [-0.1, -0.05) is 6.42 Å². The number of hydrogen-bond donors (Lipinski definition) is 1. The summed E-state index contributed by atoms with van der Waals surface area (Å²) in [6.07, 6.45) is 5.78. The molecule has 0 aromatic carbocycles. The molecule has 6 nitrogen and oxygen atoms in total. The van der Waals surface area contributed by atoms with Crippen LogP contribution in [0.4, 0.5) is 0 Å². The average Bonchev–Trinajstić information content (AvgIpc) is 2.82. The molecule has 0 aliphatic carbocycles. The van der Waals surface area contributed by atoms with Crippen molar-refractivity contribution in [3.05, 3.63) is 5.82 Å². The average molecular weight is 273 g/mol. The maximum atomic E-state index is 4.97.